The van der Waals surface area contributed by atoms with E-state index in [2.05, 4.69) is 10.1 Å². The van der Waals surface area contributed by atoms with Gasteiger partial charge >= 0.3 is 0 Å². The smallest absolute Gasteiger partial charge is 0.153 e. The maximum Gasteiger partial charge on any atom is 0.153 e. The van der Waals surface area contributed by atoms with Crippen LogP contribution in [0.15, 0.2) is 23.9 Å². The quantitative estimate of drug-likeness (QED) is 0.261. The number of oxime groups is 1. The van der Waals surface area contributed by atoms with Gasteiger partial charge in [-0.1, -0.05) is 5.16 Å². The highest BCUT2D eigenvalue weighted by atomic mass is 16.4. The molecule has 1 fully saturated rings. The van der Waals surface area contributed by atoms with Crippen molar-refractivity contribution in [2.24, 2.45) is 10.9 Å². The summed E-state index contributed by atoms with van der Waals surface area (Å²) in [4.78, 5) is 5.88. The summed E-state index contributed by atoms with van der Waals surface area (Å²) in [7, 11) is 0. The van der Waals surface area contributed by atoms with Gasteiger partial charge in [-0.15, -0.1) is 0 Å². The maximum atomic E-state index is 9.88. The Kier molecular flexibility index (Phi) is 3.07. The first-order valence-corrected chi connectivity index (χ1v) is 5.05. The molecular weight excluding hydrogens is 210 g/mol. The van der Waals surface area contributed by atoms with Gasteiger partial charge in [0.05, 0.1) is 25.0 Å². The van der Waals surface area contributed by atoms with Crippen molar-refractivity contribution in [2.75, 3.05) is 19.6 Å². The fraction of sp³-hybridized carbons (Fsp3) is 0.556. The molecule has 7 heteroatoms. The Morgan fingerprint density at radius 1 is 1.56 bits per heavy atom. The van der Waals surface area contributed by atoms with Crippen molar-refractivity contribution >= 4 is 5.84 Å². The minimum absolute atomic E-state index is 0.0195. The number of amidine groups is 1. The zero-order chi connectivity index (χ0) is 11.5. The molecule has 16 heavy (non-hydrogen) atoms. The van der Waals surface area contributed by atoms with E-state index in [4.69, 9.17) is 10.9 Å². The zero-order valence-corrected chi connectivity index (χ0v) is 8.77. The summed E-state index contributed by atoms with van der Waals surface area (Å²) in [6.07, 6.45) is 4.72. The summed E-state index contributed by atoms with van der Waals surface area (Å²) in [6.45, 7) is 1.53. The number of aromatic nitrogens is 2. The lowest BCUT2D eigenvalue weighted by Gasteiger charge is -2.15. The van der Waals surface area contributed by atoms with Crippen molar-refractivity contribution in [3.05, 3.63) is 18.7 Å². The number of nitrogens with zero attached hydrogens (tertiary/aromatic N) is 4. The Morgan fingerprint density at radius 3 is 3.00 bits per heavy atom. The number of nitrogens with two attached hydrogens (primary N) is 1. The summed E-state index contributed by atoms with van der Waals surface area (Å²) >= 11 is 0. The first kappa shape index (κ1) is 10.9. The van der Waals surface area contributed by atoms with Crippen molar-refractivity contribution in [1.29, 1.82) is 0 Å². The number of hydrogen-bond donors (Lipinski definition) is 3. The summed E-state index contributed by atoms with van der Waals surface area (Å²) in [6, 6.07) is -0.0195. The lowest BCUT2D eigenvalue weighted by Crippen LogP contribution is -2.33. The average Bonchev–Trinajstić information content (AvgIpc) is 2.87. The van der Waals surface area contributed by atoms with E-state index >= 15 is 0 Å². The predicted octanol–water partition coefficient (Wildman–Crippen LogP) is -1.15. The first-order chi connectivity index (χ1) is 7.70. The number of imidazole rings is 1. The van der Waals surface area contributed by atoms with Crippen LogP contribution in [-0.4, -0.2) is 56.3 Å². The molecule has 1 aliphatic rings. The second-order valence-corrected chi connectivity index (χ2v) is 3.93. The van der Waals surface area contributed by atoms with E-state index in [1.807, 2.05) is 15.7 Å². The van der Waals surface area contributed by atoms with E-state index in [0.29, 0.717) is 19.6 Å². The van der Waals surface area contributed by atoms with E-state index in [1.54, 1.807) is 12.5 Å². The summed E-state index contributed by atoms with van der Waals surface area (Å²) in [5.74, 6) is 0.151. The van der Waals surface area contributed by atoms with Crippen molar-refractivity contribution in [1.82, 2.24) is 14.5 Å². The molecule has 4 N–H and O–H groups in total. The second kappa shape index (κ2) is 4.50. The number of β-amino-alcohol motifs (C(OH)–C–C–N with tert-alkyl or cyclic N) is 1. The van der Waals surface area contributed by atoms with Crippen molar-refractivity contribution in [2.45, 2.75) is 12.1 Å². The number of hydrogen-bond acceptors (Lipinski definition) is 5. The predicted molar refractivity (Wildman–Crippen MR) is 57.1 cm³/mol. The summed E-state index contributed by atoms with van der Waals surface area (Å²) in [5, 5.41) is 21.3. The van der Waals surface area contributed by atoms with E-state index in [0.717, 1.165) is 0 Å². The van der Waals surface area contributed by atoms with Gasteiger partial charge < -0.3 is 20.6 Å². The molecule has 1 aromatic heterocycles. The van der Waals surface area contributed by atoms with Crippen molar-refractivity contribution < 1.29 is 10.3 Å². The lowest BCUT2D eigenvalue weighted by atomic mass is 10.2. The zero-order valence-electron chi connectivity index (χ0n) is 8.77. The molecule has 0 bridgehead atoms. The van der Waals surface area contributed by atoms with E-state index < -0.39 is 6.10 Å². The van der Waals surface area contributed by atoms with Gasteiger partial charge in [-0.05, 0) is 0 Å². The summed E-state index contributed by atoms with van der Waals surface area (Å²) in [5.41, 5.74) is 5.42. The van der Waals surface area contributed by atoms with E-state index in [9.17, 15) is 5.11 Å². The number of likely N-dealkylation sites (tertiary alicyclic amines) is 1. The molecule has 1 aliphatic heterocycles. The van der Waals surface area contributed by atoms with Crippen LogP contribution in [0.25, 0.3) is 0 Å². The number of aliphatic hydroxyl groups is 1. The van der Waals surface area contributed by atoms with Gasteiger partial charge in [0.2, 0.25) is 0 Å². The Hall–Kier alpha value is -1.60. The van der Waals surface area contributed by atoms with Gasteiger partial charge in [0.1, 0.15) is 0 Å². The van der Waals surface area contributed by atoms with Crippen LogP contribution in [0.5, 0.6) is 0 Å². The molecule has 0 amide bonds. The highest BCUT2D eigenvalue weighted by Gasteiger charge is 2.32. The topological polar surface area (TPSA) is 99.9 Å². The second-order valence-electron chi connectivity index (χ2n) is 3.93. The minimum atomic E-state index is -0.458. The molecule has 1 aromatic rings. The van der Waals surface area contributed by atoms with E-state index in [1.165, 1.54) is 0 Å². The molecule has 0 spiro atoms. The third-order valence-corrected chi connectivity index (χ3v) is 2.76. The van der Waals surface area contributed by atoms with Crippen LogP contribution in [0.1, 0.15) is 6.04 Å². The SMILES string of the molecule is NC(CN1C[C@H](O)[C@@H](n2ccnc2)C1)=NO. The highest BCUT2D eigenvalue weighted by Crippen LogP contribution is 2.21. The highest BCUT2D eigenvalue weighted by molar-refractivity contribution is 5.81. The van der Waals surface area contributed by atoms with Gasteiger partial charge in [0.25, 0.3) is 0 Å². The van der Waals surface area contributed by atoms with Crippen LogP contribution >= 0.6 is 0 Å². The van der Waals surface area contributed by atoms with Crippen molar-refractivity contribution in [3.8, 4) is 0 Å². The third kappa shape index (κ3) is 2.15. The normalized spacial score (nSPS) is 27.4. The van der Waals surface area contributed by atoms with Crippen molar-refractivity contribution in [3.63, 3.8) is 0 Å². The standard InChI is InChI=1S/C9H15N5O2/c10-9(12-16)5-13-3-7(8(15)4-13)14-2-1-11-6-14/h1-2,6-8,15-16H,3-5H2,(H2,10,12)/t7-,8-/m0/s1. The maximum absolute atomic E-state index is 9.88. The summed E-state index contributed by atoms with van der Waals surface area (Å²) < 4.78 is 1.87. The molecule has 0 radical (unpaired) electrons. The molecule has 88 valence electrons. The monoisotopic (exact) mass is 225 g/mol. The van der Waals surface area contributed by atoms with Gasteiger partial charge in [0, 0.05) is 25.5 Å². The molecule has 2 heterocycles. The van der Waals surface area contributed by atoms with Crippen LogP contribution in [0.2, 0.25) is 0 Å². The molecule has 0 aromatic carbocycles. The largest absolute Gasteiger partial charge is 0.409 e. The Balaban J connectivity index is 1.99. The van der Waals surface area contributed by atoms with Gasteiger partial charge in [-0.3, -0.25) is 4.90 Å². The number of rotatable bonds is 3. The minimum Gasteiger partial charge on any atom is -0.409 e. The molecule has 0 saturated carbocycles. The van der Waals surface area contributed by atoms with Gasteiger partial charge in [0.15, 0.2) is 5.84 Å². The average molecular weight is 225 g/mol. The van der Waals surface area contributed by atoms with Crippen LogP contribution in [0.3, 0.4) is 0 Å². The molecule has 1 saturated heterocycles. The molecular formula is C9H15N5O2. The first-order valence-electron chi connectivity index (χ1n) is 5.05. The molecule has 0 unspecified atom stereocenters. The van der Waals surface area contributed by atoms with Gasteiger partial charge in [-0.25, -0.2) is 4.98 Å². The molecule has 0 aliphatic carbocycles. The van der Waals surface area contributed by atoms with Crippen LogP contribution in [0, 0.1) is 0 Å². The van der Waals surface area contributed by atoms with Crippen LogP contribution < -0.4 is 5.73 Å². The van der Waals surface area contributed by atoms with Gasteiger partial charge in [-0.2, -0.15) is 0 Å². The molecule has 2 atom stereocenters. The molecule has 7 nitrogen and oxygen atoms in total. The Labute approximate surface area is 92.8 Å². The lowest BCUT2D eigenvalue weighted by molar-refractivity contribution is 0.145. The third-order valence-electron chi connectivity index (χ3n) is 2.76. The Morgan fingerprint density at radius 2 is 2.38 bits per heavy atom. The fourth-order valence-corrected chi connectivity index (χ4v) is 2.00. The van der Waals surface area contributed by atoms with Crippen LogP contribution in [0.4, 0.5) is 0 Å². The molecule has 2 rings (SSSR count). The fourth-order valence-electron chi connectivity index (χ4n) is 2.00. The van der Waals surface area contributed by atoms with E-state index in [-0.39, 0.29) is 11.9 Å². The number of aliphatic hydroxyl groups excluding tert-OH is 1. The van der Waals surface area contributed by atoms with Crippen LogP contribution in [-0.2, 0) is 0 Å². The Bertz CT molecular complexity index is 364.